The summed E-state index contributed by atoms with van der Waals surface area (Å²) in [4.78, 5) is 14.4. The summed E-state index contributed by atoms with van der Waals surface area (Å²) in [5.74, 6) is 0. The number of nitrogens with zero attached hydrogens (tertiary/aromatic N) is 1. The van der Waals surface area contributed by atoms with Gasteiger partial charge in [-0.25, -0.2) is 4.79 Å². The number of hydrogen-bond donors (Lipinski definition) is 1. The van der Waals surface area contributed by atoms with Gasteiger partial charge in [0.05, 0.1) is 0 Å². The lowest BCUT2D eigenvalue weighted by molar-refractivity contribution is 0.00631. The molecule has 1 amide bonds. The van der Waals surface area contributed by atoms with Crippen LogP contribution < -0.4 is 5.32 Å². The molecule has 4 nitrogen and oxygen atoms in total. The SMILES string of the molecule is CC1C(NC2CCc3ccc(Br)cc32)CCCN1C(=O)OC(C)(C)C. The number of halogens is 1. The Labute approximate surface area is 159 Å². The van der Waals surface area contributed by atoms with E-state index in [0.717, 1.165) is 36.7 Å². The summed E-state index contributed by atoms with van der Waals surface area (Å²) in [6.07, 6.45) is 4.17. The second kappa shape index (κ2) is 7.28. The van der Waals surface area contributed by atoms with E-state index in [2.05, 4.69) is 46.4 Å². The van der Waals surface area contributed by atoms with E-state index in [-0.39, 0.29) is 12.1 Å². The van der Waals surface area contributed by atoms with Crippen molar-refractivity contribution in [1.82, 2.24) is 10.2 Å². The first-order chi connectivity index (χ1) is 11.7. The molecule has 1 aromatic carbocycles. The van der Waals surface area contributed by atoms with E-state index in [4.69, 9.17) is 4.74 Å². The summed E-state index contributed by atoms with van der Waals surface area (Å²) in [6.45, 7) is 8.67. The zero-order valence-electron chi connectivity index (χ0n) is 15.6. The number of benzene rings is 1. The van der Waals surface area contributed by atoms with Crippen molar-refractivity contribution in [1.29, 1.82) is 0 Å². The first kappa shape index (κ1) is 18.7. The van der Waals surface area contributed by atoms with Crippen molar-refractivity contribution in [2.75, 3.05) is 6.54 Å². The van der Waals surface area contributed by atoms with Crippen molar-refractivity contribution in [2.24, 2.45) is 0 Å². The number of rotatable bonds is 2. The maximum atomic E-state index is 12.5. The molecule has 3 unspecified atom stereocenters. The third kappa shape index (κ3) is 4.37. The van der Waals surface area contributed by atoms with Gasteiger partial charge in [-0.3, -0.25) is 0 Å². The van der Waals surface area contributed by atoms with Crippen molar-refractivity contribution in [3.8, 4) is 0 Å². The number of piperidine rings is 1. The van der Waals surface area contributed by atoms with Crippen LogP contribution in [0.25, 0.3) is 0 Å². The van der Waals surface area contributed by atoms with E-state index in [1.54, 1.807) is 0 Å². The Hall–Kier alpha value is -1.07. The Morgan fingerprint density at radius 2 is 2.08 bits per heavy atom. The Kier molecular flexibility index (Phi) is 5.45. The molecule has 1 aliphatic heterocycles. The van der Waals surface area contributed by atoms with Crippen LogP contribution in [0.4, 0.5) is 4.79 Å². The quantitative estimate of drug-likeness (QED) is 0.762. The molecule has 1 aliphatic carbocycles. The van der Waals surface area contributed by atoms with Crippen molar-refractivity contribution < 1.29 is 9.53 Å². The number of ether oxygens (including phenoxy) is 1. The molecule has 1 N–H and O–H groups in total. The second-order valence-corrected chi connectivity index (χ2v) is 9.18. The molecule has 1 aromatic rings. The molecule has 3 atom stereocenters. The number of carbonyl (C=O) groups is 1. The monoisotopic (exact) mass is 408 g/mol. The van der Waals surface area contributed by atoms with Crippen LogP contribution in [0.15, 0.2) is 22.7 Å². The molecular formula is C20H29BrN2O2. The molecule has 3 rings (SSSR count). The normalized spacial score (nSPS) is 26.4. The number of fused-ring (bicyclic) bond motifs is 1. The zero-order chi connectivity index (χ0) is 18.2. The molecule has 0 bridgehead atoms. The second-order valence-electron chi connectivity index (χ2n) is 8.26. The predicted octanol–water partition coefficient (Wildman–Crippen LogP) is 4.81. The number of hydrogen-bond acceptors (Lipinski definition) is 3. The van der Waals surface area contributed by atoms with Gasteiger partial charge in [-0.05, 0) is 76.6 Å². The standard InChI is InChI=1S/C20H29BrN2O2/c1-13-17(6-5-11-23(13)19(24)25-20(2,3)4)22-18-10-8-14-7-9-15(21)12-16(14)18/h7,9,12-13,17-18,22H,5-6,8,10-11H2,1-4H3. The molecule has 0 aromatic heterocycles. The van der Waals surface area contributed by atoms with Crippen molar-refractivity contribution in [3.05, 3.63) is 33.8 Å². The molecule has 1 saturated heterocycles. The third-order valence-corrected chi connectivity index (χ3v) is 5.71. The summed E-state index contributed by atoms with van der Waals surface area (Å²) in [6, 6.07) is 7.39. The summed E-state index contributed by atoms with van der Waals surface area (Å²) >= 11 is 3.59. The molecule has 0 radical (unpaired) electrons. The topological polar surface area (TPSA) is 41.6 Å². The zero-order valence-corrected chi connectivity index (χ0v) is 17.2. The van der Waals surface area contributed by atoms with Gasteiger partial charge < -0.3 is 15.0 Å². The van der Waals surface area contributed by atoms with Gasteiger partial charge in [0.2, 0.25) is 0 Å². The smallest absolute Gasteiger partial charge is 0.410 e. The molecular weight excluding hydrogens is 380 g/mol. The molecule has 5 heteroatoms. The van der Waals surface area contributed by atoms with Crippen molar-refractivity contribution >= 4 is 22.0 Å². The fourth-order valence-corrected chi connectivity index (χ4v) is 4.33. The van der Waals surface area contributed by atoms with Crippen molar-refractivity contribution in [3.63, 3.8) is 0 Å². The Morgan fingerprint density at radius 1 is 1.32 bits per heavy atom. The summed E-state index contributed by atoms with van der Waals surface area (Å²) < 4.78 is 6.72. The van der Waals surface area contributed by atoms with E-state index < -0.39 is 5.60 Å². The van der Waals surface area contributed by atoms with Gasteiger partial charge in [0.1, 0.15) is 5.60 Å². The Balaban J connectivity index is 1.68. The van der Waals surface area contributed by atoms with Crippen LogP contribution in [0.2, 0.25) is 0 Å². The van der Waals surface area contributed by atoms with Crippen LogP contribution in [0.1, 0.15) is 64.1 Å². The average molecular weight is 409 g/mol. The Morgan fingerprint density at radius 3 is 2.80 bits per heavy atom. The number of likely N-dealkylation sites (tertiary alicyclic amines) is 1. The van der Waals surface area contributed by atoms with E-state index in [0.29, 0.717) is 12.1 Å². The summed E-state index contributed by atoms with van der Waals surface area (Å²) in [7, 11) is 0. The molecule has 1 fully saturated rings. The van der Waals surface area contributed by atoms with E-state index in [1.165, 1.54) is 11.1 Å². The van der Waals surface area contributed by atoms with Gasteiger partial charge in [-0.15, -0.1) is 0 Å². The fraction of sp³-hybridized carbons (Fsp3) is 0.650. The maximum Gasteiger partial charge on any atom is 0.410 e. The van der Waals surface area contributed by atoms with Crippen LogP contribution in [0.3, 0.4) is 0 Å². The summed E-state index contributed by atoms with van der Waals surface area (Å²) in [5, 5.41) is 3.83. The number of aryl methyl sites for hydroxylation is 1. The fourth-order valence-electron chi connectivity index (χ4n) is 3.95. The average Bonchev–Trinajstić information content (AvgIpc) is 2.90. The number of carbonyl (C=O) groups excluding carboxylic acids is 1. The lowest BCUT2D eigenvalue weighted by atomic mass is 9.96. The minimum atomic E-state index is -0.451. The van der Waals surface area contributed by atoms with Crippen LogP contribution in [-0.2, 0) is 11.2 Å². The molecule has 25 heavy (non-hydrogen) atoms. The number of amides is 1. The van der Waals surface area contributed by atoms with E-state index >= 15 is 0 Å². The van der Waals surface area contributed by atoms with E-state index in [9.17, 15) is 4.79 Å². The van der Waals surface area contributed by atoms with Gasteiger partial charge in [0, 0.05) is 29.1 Å². The van der Waals surface area contributed by atoms with Gasteiger partial charge in [-0.2, -0.15) is 0 Å². The largest absolute Gasteiger partial charge is 0.444 e. The van der Waals surface area contributed by atoms with Crippen LogP contribution in [-0.4, -0.2) is 35.2 Å². The highest BCUT2D eigenvalue weighted by atomic mass is 79.9. The molecule has 1 heterocycles. The van der Waals surface area contributed by atoms with Gasteiger partial charge in [-0.1, -0.05) is 22.0 Å². The van der Waals surface area contributed by atoms with Gasteiger partial charge in [0.25, 0.3) is 0 Å². The molecule has 2 aliphatic rings. The van der Waals surface area contributed by atoms with Gasteiger partial charge in [0.15, 0.2) is 0 Å². The third-order valence-electron chi connectivity index (χ3n) is 5.22. The summed E-state index contributed by atoms with van der Waals surface area (Å²) in [5.41, 5.74) is 2.39. The van der Waals surface area contributed by atoms with Crippen LogP contribution in [0, 0.1) is 0 Å². The highest BCUT2D eigenvalue weighted by Crippen LogP contribution is 2.34. The number of nitrogens with one attached hydrogen (secondary N) is 1. The minimum Gasteiger partial charge on any atom is -0.444 e. The predicted molar refractivity (Wildman–Crippen MR) is 104 cm³/mol. The lowest BCUT2D eigenvalue weighted by Gasteiger charge is -2.41. The van der Waals surface area contributed by atoms with Crippen molar-refractivity contribution in [2.45, 2.75) is 77.1 Å². The maximum absolute atomic E-state index is 12.5. The first-order valence-electron chi connectivity index (χ1n) is 9.28. The van der Waals surface area contributed by atoms with Gasteiger partial charge >= 0.3 is 6.09 Å². The van der Waals surface area contributed by atoms with E-state index in [1.807, 2.05) is 25.7 Å². The molecule has 0 saturated carbocycles. The first-order valence-corrected chi connectivity index (χ1v) is 10.1. The Bertz CT molecular complexity index is 641. The highest BCUT2D eigenvalue weighted by Gasteiger charge is 2.35. The lowest BCUT2D eigenvalue weighted by Crippen LogP contribution is -2.55. The highest BCUT2D eigenvalue weighted by molar-refractivity contribution is 9.10. The molecule has 0 spiro atoms. The molecule has 138 valence electrons. The minimum absolute atomic E-state index is 0.139. The van der Waals surface area contributed by atoms with Crippen LogP contribution in [0.5, 0.6) is 0 Å². The van der Waals surface area contributed by atoms with Crippen LogP contribution >= 0.6 is 15.9 Å².